The summed E-state index contributed by atoms with van der Waals surface area (Å²) in [6, 6.07) is 2.70. The Bertz CT molecular complexity index is 597. The zero-order valence-electron chi connectivity index (χ0n) is 11.2. The fraction of sp³-hybridized carbons (Fsp3) is 0.500. The molecule has 8 heteroatoms. The summed E-state index contributed by atoms with van der Waals surface area (Å²) in [5.41, 5.74) is 0.423. The highest BCUT2D eigenvalue weighted by molar-refractivity contribution is 9.10. The van der Waals surface area contributed by atoms with Crippen LogP contribution in [0.5, 0.6) is 0 Å². The van der Waals surface area contributed by atoms with E-state index in [-0.39, 0.29) is 27.8 Å². The highest BCUT2D eigenvalue weighted by Crippen LogP contribution is 2.26. The average Bonchev–Trinajstić information content (AvgIpc) is 2.33. The lowest BCUT2D eigenvalue weighted by Gasteiger charge is -2.31. The number of benzene rings is 1. The molecule has 1 N–H and O–H groups in total. The molecule has 1 aromatic carbocycles. The zero-order valence-corrected chi connectivity index (χ0v) is 14.4. The van der Waals surface area contributed by atoms with Gasteiger partial charge in [0.05, 0.1) is 9.37 Å². The minimum Gasteiger partial charge on any atom is -0.312 e. The average molecular weight is 388 g/mol. The fourth-order valence-corrected chi connectivity index (χ4v) is 4.42. The third kappa shape index (κ3) is 3.51. The Kier molecular flexibility index (Phi) is 5.98. The summed E-state index contributed by atoms with van der Waals surface area (Å²) in [5.74, 6) is -0.454. The topological polar surface area (TPSA) is 49.4 Å². The number of halogens is 3. The first kappa shape index (κ1) is 17.8. The zero-order chi connectivity index (χ0) is 14.2. The minimum absolute atomic E-state index is 0. The van der Waals surface area contributed by atoms with Crippen LogP contribution in [-0.4, -0.2) is 38.4 Å². The number of rotatable bonds is 2. The van der Waals surface area contributed by atoms with Gasteiger partial charge < -0.3 is 5.32 Å². The van der Waals surface area contributed by atoms with Gasteiger partial charge in [0, 0.05) is 25.7 Å². The number of piperazine rings is 1. The molecule has 2 rings (SSSR count). The molecule has 1 atom stereocenters. The summed E-state index contributed by atoms with van der Waals surface area (Å²) in [6.45, 7) is 5.03. The molecule has 1 unspecified atom stereocenters. The number of aryl methyl sites for hydroxylation is 1. The molecule has 0 radical (unpaired) electrons. The van der Waals surface area contributed by atoms with E-state index in [1.807, 2.05) is 6.92 Å². The van der Waals surface area contributed by atoms with E-state index in [4.69, 9.17) is 0 Å². The SMILES string of the molecule is Cc1cc(F)c(Br)cc1S(=O)(=O)N1CCNC(C)C1.Cl. The summed E-state index contributed by atoms with van der Waals surface area (Å²) in [5, 5.41) is 3.20. The van der Waals surface area contributed by atoms with Crippen LogP contribution in [0.15, 0.2) is 21.5 Å². The van der Waals surface area contributed by atoms with Crippen LogP contribution >= 0.6 is 28.3 Å². The minimum atomic E-state index is -3.57. The van der Waals surface area contributed by atoms with Crippen LogP contribution < -0.4 is 5.32 Å². The van der Waals surface area contributed by atoms with E-state index in [2.05, 4.69) is 21.2 Å². The first-order valence-electron chi connectivity index (χ1n) is 6.01. The van der Waals surface area contributed by atoms with Gasteiger partial charge in [0.1, 0.15) is 5.82 Å². The van der Waals surface area contributed by atoms with Crippen molar-refractivity contribution in [3.05, 3.63) is 28.0 Å². The van der Waals surface area contributed by atoms with Gasteiger partial charge in [-0.1, -0.05) is 0 Å². The first-order chi connectivity index (χ1) is 8.82. The van der Waals surface area contributed by atoms with Crippen molar-refractivity contribution in [2.75, 3.05) is 19.6 Å². The van der Waals surface area contributed by atoms with Crippen molar-refractivity contribution in [3.8, 4) is 0 Å². The van der Waals surface area contributed by atoms with Gasteiger partial charge in [-0.15, -0.1) is 12.4 Å². The molecule has 1 aliphatic rings. The van der Waals surface area contributed by atoms with Crippen molar-refractivity contribution < 1.29 is 12.8 Å². The second-order valence-electron chi connectivity index (χ2n) is 4.75. The molecular formula is C12H17BrClFN2O2S. The Morgan fingerprint density at radius 3 is 2.70 bits per heavy atom. The lowest BCUT2D eigenvalue weighted by Crippen LogP contribution is -2.51. The Balaban J connectivity index is 0.00000200. The molecule has 4 nitrogen and oxygen atoms in total. The van der Waals surface area contributed by atoms with Gasteiger partial charge in [-0.2, -0.15) is 4.31 Å². The lowest BCUT2D eigenvalue weighted by molar-refractivity contribution is 0.310. The Labute approximate surface area is 133 Å². The monoisotopic (exact) mass is 386 g/mol. The normalized spacial score (nSPS) is 20.5. The van der Waals surface area contributed by atoms with Crippen LogP contribution in [0.1, 0.15) is 12.5 Å². The van der Waals surface area contributed by atoms with Gasteiger partial charge in [0.2, 0.25) is 10.0 Å². The third-order valence-electron chi connectivity index (χ3n) is 3.17. The molecule has 114 valence electrons. The van der Waals surface area contributed by atoms with Crippen LogP contribution in [0, 0.1) is 12.7 Å². The second-order valence-corrected chi connectivity index (χ2v) is 7.51. The maximum absolute atomic E-state index is 13.4. The van der Waals surface area contributed by atoms with Crippen LogP contribution in [-0.2, 0) is 10.0 Å². The van der Waals surface area contributed by atoms with Crippen LogP contribution in [0.4, 0.5) is 4.39 Å². The Morgan fingerprint density at radius 1 is 1.45 bits per heavy atom. The van der Waals surface area contributed by atoms with Crippen molar-refractivity contribution in [1.29, 1.82) is 0 Å². The number of nitrogens with zero attached hydrogens (tertiary/aromatic N) is 1. The fourth-order valence-electron chi connectivity index (χ4n) is 2.16. The van der Waals surface area contributed by atoms with E-state index in [1.165, 1.54) is 16.4 Å². The van der Waals surface area contributed by atoms with Crippen LogP contribution in [0.25, 0.3) is 0 Å². The van der Waals surface area contributed by atoms with Crippen molar-refractivity contribution in [2.45, 2.75) is 24.8 Å². The van der Waals surface area contributed by atoms with E-state index in [1.54, 1.807) is 6.92 Å². The molecule has 0 bridgehead atoms. The van der Waals surface area contributed by atoms with Crippen molar-refractivity contribution in [1.82, 2.24) is 9.62 Å². The van der Waals surface area contributed by atoms with Crippen molar-refractivity contribution >= 4 is 38.4 Å². The highest BCUT2D eigenvalue weighted by Gasteiger charge is 2.30. The summed E-state index contributed by atoms with van der Waals surface area (Å²) >= 11 is 3.04. The molecule has 1 fully saturated rings. The van der Waals surface area contributed by atoms with Gasteiger partial charge in [-0.3, -0.25) is 0 Å². The molecule has 1 heterocycles. The predicted molar refractivity (Wildman–Crippen MR) is 82.3 cm³/mol. The van der Waals surface area contributed by atoms with E-state index >= 15 is 0 Å². The number of hydrogen-bond acceptors (Lipinski definition) is 3. The van der Waals surface area contributed by atoms with Crippen LogP contribution in [0.3, 0.4) is 0 Å². The largest absolute Gasteiger partial charge is 0.312 e. The smallest absolute Gasteiger partial charge is 0.243 e. The lowest BCUT2D eigenvalue weighted by atomic mass is 10.2. The quantitative estimate of drug-likeness (QED) is 0.847. The summed E-state index contributed by atoms with van der Waals surface area (Å²) in [6.07, 6.45) is 0. The van der Waals surface area contributed by atoms with Crippen LogP contribution in [0.2, 0.25) is 0 Å². The Hall–Kier alpha value is -0.210. The molecule has 0 aliphatic carbocycles. The number of sulfonamides is 1. The first-order valence-corrected chi connectivity index (χ1v) is 8.25. The predicted octanol–water partition coefficient (Wildman–Crippen LogP) is 2.30. The molecule has 0 saturated carbocycles. The summed E-state index contributed by atoms with van der Waals surface area (Å²) < 4.78 is 40.1. The van der Waals surface area contributed by atoms with Gasteiger partial charge in [0.15, 0.2) is 0 Å². The summed E-state index contributed by atoms with van der Waals surface area (Å²) in [7, 11) is -3.57. The van der Waals surface area contributed by atoms with Crippen molar-refractivity contribution in [3.63, 3.8) is 0 Å². The number of hydrogen-bond donors (Lipinski definition) is 1. The van der Waals surface area contributed by atoms with Gasteiger partial charge in [0.25, 0.3) is 0 Å². The molecule has 0 amide bonds. The molecule has 1 saturated heterocycles. The standard InChI is InChI=1S/C12H16BrFN2O2S.ClH/c1-8-5-11(14)10(13)6-12(8)19(17,18)16-4-3-15-9(2)7-16;/h5-6,9,15H,3-4,7H2,1-2H3;1H. The molecule has 1 aliphatic heterocycles. The third-order valence-corrected chi connectivity index (χ3v) is 5.78. The van der Waals surface area contributed by atoms with E-state index in [0.717, 1.165) is 0 Å². The maximum Gasteiger partial charge on any atom is 0.243 e. The molecular weight excluding hydrogens is 371 g/mol. The second kappa shape index (κ2) is 6.70. The highest BCUT2D eigenvalue weighted by atomic mass is 79.9. The summed E-state index contributed by atoms with van der Waals surface area (Å²) in [4.78, 5) is 0.162. The van der Waals surface area contributed by atoms with E-state index in [0.29, 0.717) is 25.2 Å². The van der Waals surface area contributed by atoms with E-state index in [9.17, 15) is 12.8 Å². The van der Waals surface area contributed by atoms with Gasteiger partial charge in [-0.05, 0) is 47.5 Å². The molecule has 0 aromatic heterocycles. The molecule has 1 aromatic rings. The molecule has 20 heavy (non-hydrogen) atoms. The Morgan fingerprint density at radius 2 is 2.10 bits per heavy atom. The van der Waals surface area contributed by atoms with Gasteiger partial charge in [-0.25, -0.2) is 12.8 Å². The maximum atomic E-state index is 13.4. The number of nitrogens with one attached hydrogen (secondary N) is 1. The van der Waals surface area contributed by atoms with Gasteiger partial charge >= 0.3 is 0 Å². The van der Waals surface area contributed by atoms with E-state index < -0.39 is 15.8 Å². The molecule has 0 spiro atoms. The van der Waals surface area contributed by atoms with Crippen molar-refractivity contribution in [2.24, 2.45) is 0 Å².